The van der Waals surface area contributed by atoms with E-state index in [9.17, 15) is 14.4 Å². The van der Waals surface area contributed by atoms with Gasteiger partial charge < -0.3 is 19.7 Å². The Labute approximate surface area is 131 Å². The molecule has 2 rings (SSSR count). The second kappa shape index (κ2) is 6.70. The molecule has 2 aromatic carbocycles. The lowest BCUT2D eigenvalue weighted by Crippen LogP contribution is -1.94. The third-order valence-electron chi connectivity index (χ3n) is 3.24. The van der Waals surface area contributed by atoms with Gasteiger partial charge in [0.15, 0.2) is 0 Å². The summed E-state index contributed by atoms with van der Waals surface area (Å²) < 4.78 is 22.7. The van der Waals surface area contributed by atoms with Crippen molar-refractivity contribution in [1.29, 1.82) is 0 Å². The quantitative estimate of drug-likeness (QED) is 0.826. The number of aromatic hydroxyl groups is 2. The van der Waals surface area contributed by atoms with Gasteiger partial charge in [-0.1, -0.05) is 13.0 Å². The first-order valence-corrected chi connectivity index (χ1v) is 7.93. The Kier molecular flexibility index (Phi) is 4.92. The Hall–Kier alpha value is -2.21. The van der Waals surface area contributed by atoms with Gasteiger partial charge in [-0.05, 0) is 18.6 Å². The summed E-state index contributed by atoms with van der Waals surface area (Å²) in [4.78, 5) is 0.126. The molecular weight excluding hydrogens is 304 g/mol. The highest BCUT2D eigenvalue weighted by molar-refractivity contribution is 7.88. The van der Waals surface area contributed by atoms with E-state index < -0.39 is 10.8 Å². The maximum atomic E-state index is 12.3. The van der Waals surface area contributed by atoms with Crippen LogP contribution in [0, 0.1) is 0 Å². The average Bonchev–Trinajstić information content (AvgIpc) is 2.54. The van der Waals surface area contributed by atoms with Gasteiger partial charge in [-0.25, -0.2) is 4.21 Å². The molecule has 0 radical (unpaired) electrons. The molecule has 1 atom stereocenters. The topological polar surface area (TPSA) is 76.0 Å². The van der Waals surface area contributed by atoms with Crippen molar-refractivity contribution in [2.45, 2.75) is 18.2 Å². The molecular formula is C16H18O5S. The van der Waals surface area contributed by atoms with Crippen molar-refractivity contribution < 1.29 is 23.9 Å². The zero-order chi connectivity index (χ0) is 16.3. The number of phenols is 2. The first-order valence-electron chi connectivity index (χ1n) is 6.72. The number of hydrogen-bond donors (Lipinski definition) is 2. The number of rotatable bonds is 5. The zero-order valence-electron chi connectivity index (χ0n) is 12.6. The van der Waals surface area contributed by atoms with E-state index in [4.69, 9.17) is 9.47 Å². The summed E-state index contributed by atoms with van der Waals surface area (Å²) in [5, 5.41) is 22.9. The Balaban J connectivity index is 2.82. The van der Waals surface area contributed by atoms with Crippen LogP contribution in [-0.2, 0) is 10.8 Å². The molecule has 0 amide bonds. The lowest BCUT2D eigenvalue weighted by atomic mass is 10.1. The smallest absolute Gasteiger partial charge is 0.144 e. The molecule has 22 heavy (non-hydrogen) atoms. The molecule has 5 nitrogen and oxygen atoms in total. The minimum absolute atomic E-state index is 0.126. The van der Waals surface area contributed by atoms with Crippen molar-refractivity contribution in [3.05, 3.63) is 29.7 Å². The molecule has 1 unspecified atom stereocenters. The Morgan fingerprint density at radius 1 is 1.14 bits per heavy atom. The summed E-state index contributed by atoms with van der Waals surface area (Å²) in [5.41, 5.74) is 0. The normalized spacial score (nSPS) is 12.7. The lowest BCUT2D eigenvalue weighted by molar-refractivity contribution is 0.403. The van der Waals surface area contributed by atoms with Gasteiger partial charge in [0.1, 0.15) is 23.0 Å². The van der Waals surface area contributed by atoms with Gasteiger partial charge in [0.2, 0.25) is 0 Å². The summed E-state index contributed by atoms with van der Waals surface area (Å²) in [7, 11) is 1.36. The number of fused-ring (bicyclic) bond motifs is 1. The van der Waals surface area contributed by atoms with E-state index in [1.807, 2.05) is 6.92 Å². The summed E-state index contributed by atoms with van der Waals surface area (Å²) >= 11 is 0. The van der Waals surface area contributed by atoms with Crippen LogP contribution in [0.15, 0.2) is 34.6 Å². The summed E-state index contributed by atoms with van der Waals surface area (Å²) in [6.07, 6.45) is 2.46. The second-order valence-electron chi connectivity index (χ2n) is 4.54. The molecule has 0 heterocycles. The maximum Gasteiger partial charge on any atom is 0.144 e. The number of allylic oxidation sites excluding steroid dienone is 1. The predicted octanol–water partition coefficient (Wildman–Crippen LogP) is 3.30. The largest absolute Gasteiger partial charge is 0.507 e. The van der Waals surface area contributed by atoms with Gasteiger partial charge in [0.25, 0.3) is 0 Å². The highest BCUT2D eigenvalue weighted by atomic mass is 32.2. The lowest BCUT2D eigenvalue weighted by Gasteiger charge is -2.14. The van der Waals surface area contributed by atoms with E-state index in [0.29, 0.717) is 16.9 Å². The molecule has 0 aliphatic rings. The highest BCUT2D eigenvalue weighted by Gasteiger charge is 2.20. The third kappa shape index (κ3) is 2.74. The molecule has 6 heteroatoms. The standard InChI is InChI=1S/C16H18O5S/c1-4-5-8-22(19)13-9-10(17)14-11(20-2)6-7-12(21-3)15(14)16(13)18/h5-9,17-18H,4H2,1-3H3/b8-5+. The number of hydrogen-bond acceptors (Lipinski definition) is 5. The summed E-state index contributed by atoms with van der Waals surface area (Å²) in [6, 6.07) is 4.54. The minimum Gasteiger partial charge on any atom is -0.507 e. The van der Waals surface area contributed by atoms with Gasteiger partial charge >= 0.3 is 0 Å². The van der Waals surface area contributed by atoms with E-state index in [0.717, 1.165) is 6.42 Å². The van der Waals surface area contributed by atoms with Gasteiger partial charge in [-0.15, -0.1) is 0 Å². The molecule has 0 aromatic heterocycles. The van der Waals surface area contributed by atoms with Crippen LogP contribution >= 0.6 is 0 Å². The van der Waals surface area contributed by atoms with Crippen LogP contribution in [0.5, 0.6) is 23.0 Å². The summed E-state index contributed by atoms with van der Waals surface area (Å²) in [5.74, 6) is 0.436. The SMILES string of the molecule is CC/C=C/S(=O)c1cc(O)c2c(OC)ccc(OC)c2c1O. The predicted molar refractivity (Wildman–Crippen MR) is 86.2 cm³/mol. The molecule has 0 saturated carbocycles. The fourth-order valence-electron chi connectivity index (χ4n) is 2.19. The molecule has 0 fully saturated rings. The maximum absolute atomic E-state index is 12.3. The zero-order valence-corrected chi connectivity index (χ0v) is 13.4. The van der Waals surface area contributed by atoms with Crippen molar-refractivity contribution >= 4 is 21.6 Å². The molecule has 2 N–H and O–H groups in total. The summed E-state index contributed by atoms with van der Waals surface area (Å²) in [6.45, 7) is 1.92. The van der Waals surface area contributed by atoms with Crippen LogP contribution in [0.2, 0.25) is 0 Å². The number of phenolic OH excluding ortho intramolecular Hbond substituents is 2. The van der Waals surface area contributed by atoms with Crippen LogP contribution in [0.4, 0.5) is 0 Å². The van der Waals surface area contributed by atoms with E-state index in [-0.39, 0.29) is 21.8 Å². The molecule has 0 aliphatic carbocycles. The molecule has 0 aliphatic heterocycles. The van der Waals surface area contributed by atoms with Crippen LogP contribution in [0.25, 0.3) is 10.8 Å². The van der Waals surface area contributed by atoms with Gasteiger partial charge in [-0.3, -0.25) is 0 Å². The first-order chi connectivity index (χ1) is 10.5. The van der Waals surface area contributed by atoms with Gasteiger partial charge in [0, 0.05) is 11.5 Å². The minimum atomic E-state index is -1.57. The number of ether oxygens (including phenoxy) is 2. The average molecular weight is 322 g/mol. The third-order valence-corrected chi connectivity index (χ3v) is 4.42. The van der Waals surface area contributed by atoms with Crippen molar-refractivity contribution in [3.63, 3.8) is 0 Å². The van der Waals surface area contributed by atoms with Crippen molar-refractivity contribution in [1.82, 2.24) is 0 Å². The number of benzene rings is 2. The Morgan fingerprint density at radius 3 is 2.27 bits per heavy atom. The van der Waals surface area contributed by atoms with Gasteiger partial charge in [0.05, 0.1) is 40.7 Å². The fourth-order valence-corrected chi connectivity index (χ4v) is 3.23. The second-order valence-corrected chi connectivity index (χ2v) is 5.85. The van der Waals surface area contributed by atoms with Crippen molar-refractivity contribution in [3.8, 4) is 23.0 Å². The highest BCUT2D eigenvalue weighted by Crippen LogP contribution is 2.46. The van der Waals surface area contributed by atoms with E-state index in [1.54, 1.807) is 18.2 Å². The fraction of sp³-hybridized carbons (Fsp3) is 0.250. The molecule has 118 valence electrons. The van der Waals surface area contributed by atoms with Crippen LogP contribution in [0.3, 0.4) is 0 Å². The van der Waals surface area contributed by atoms with Gasteiger partial charge in [-0.2, -0.15) is 0 Å². The molecule has 0 bridgehead atoms. The Bertz CT molecular complexity index is 752. The molecule has 2 aromatic rings. The Morgan fingerprint density at radius 2 is 1.73 bits per heavy atom. The molecule has 0 saturated heterocycles. The van der Waals surface area contributed by atoms with Crippen LogP contribution in [-0.4, -0.2) is 28.6 Å². The van der Waals surface area contributed by atoms with Crippen molar-refractivity contribution in [2.75, 3.05) is 14.2 Å². The van der Waals surface area contributed by atoms with E-state index in [1.165, 1.54) is 25.7 Å². The monoisotopic (exact) mass is 322 g/mol. The van der Waals surface area contributed by atoms with E-state index >= 15 is 0 Å². The van der Waals surface area contributed by atoms with Crippen molar-refractivity contribution in [2.24, 2.45) is 0 Å². The molecule has 0 spiro atoms. The number of methoxy groups -OCH3 is 2. The van der Waals surface area contributed by atoms with E-state index in [2.05, 4.69) is 0 Å². The van der Waals surface area contributed by atoms with Crippen LogP contribution < -0.4 is 9.47 Å². The van der Waals surface area contributed by atoms with Crippen LogP contribution in [0.1, 0.15) is 13.3 Å². The first kappa shape index (κ1) is 16.2.